The van der Waals surface area contributed by atoms with E-state index < -0.39 is 37.5 Å². The van der Waals surface area contributed by atoms with E-state index in [4.69, 9.17) is 5.11 Å². The first-order chi connectivity index (χ1) is 11.2. The number of carboxylic acid groups (broad SMARTS) is 2. The fourth-order valence-electron chi connectivity index (χ4n) is 2.87. The predicted octanol–water partition coefficient (Wildman–Crippen LogP) is 3.36. The molecule has 24 heavy (non-hydrogen) atoms. The topological polar surface area (TPSA) is 112 Å². The molecule has 4 unspecified atom stereocenters. The molecule has 0 heterocycles. The van der Waals surface area contributed by atoms with Crippen LogP contribution in [0.4, 0.5) is 0 Å². The Labute approximate surface area is 142 Å². The summed E-state index contributed by atoms with van der Waals surface area (Å²) in [6.45, 7) is 3.22. The molecule has 4 atom stereocenters. The van der Waals surface area contributed by atoms with Crippen LogP contribution < -0.4 is 0 Å². The highest BCUT2D eigenvalue weighted by atomic mass is 31.1. The smallest absolute Gasteiger partial charge is 0.319 e. The maximum absolute atomic E-state index is 11.6. The molecule has 0 aromatic heterocycles. The highest BCUT2D eigenvalue weighted by Crippen LogP contribution is 2.45. The van der Waals surface area contributed by atoms with Gasteiger partial charge in [-0.15, -0.1) is 0 Å². The van der Waals surface area contributed by atoms with Crippen molar-refractivity contribution in [3.05, 3.63) is 35.9 Å². The second-order valence-corrected chi connectivity index (χ2v) is 8.00. The molecule has 1 rings (SSSR count). The minimum atomic E-state index is -3.43. The summed E-state index contributed by atoms with van der Waals surface area (Å²) in [5, 5.41) is 16.5. The lowest BCUT2D eigenvalue weighted by atomic mass is 9.84. The van der Waals surface area contributed by atoms with Crippen molar-refractivity contribution in [3.8, 4) is 0 Å². The fraction of sp³-hybridized carbons (Fsp3) is 0.529. The number of hydrogen-bond acceptors (Lipinski definition) is 3. The van der Waals surface area contributed by atoms with Crippen LogP contribution in [0.15, 0.2) is 30.3 Å². The molecule has 0 amide bonds. The van der Waals surface area contributed by atoms with E-state index in [-0.39, 0.29) is 12.3 Å². The molecule has 1 aromatic rings. The van der Waals surface area contributed by atoms with Crippen molar-refractivity contribution in [2.45, 2.75) is 50.6 Å². The first-order valence-corrected chi connectivity index (χ1v) is 9.28. The lowest BCUT2D eigenvalue weighted by Gasteiger charge is -2.30. The summed E-state index contributed by atoms with van der Waals surface area (Å²) in [5.74, 6) is -3.21. The second-order valence-electron chi connectivity index (χ2n) is 6.35. The van der Waals surface area contributed by atoms with Crippen molar-refractivity contribution < 1.29 is 29.3 Å². The summed E-state index contributed by atoms with van der Waals surface area (Å²) in [6, 6.07) is 9.83. The number of hydrogen-bond donors (Lipinski definition) is 3. The molecule has 0 saturated carbocycles. The normalized spacial score (nSPS) is 17.5. The summed E-state index contributed by atoms with van der Waals surface area (Å²) < 4.78 is 11.6. The fourth-order valence-corrected chi connectivity index (χ4v) is 3.64. The molecule has 6 nitrogen and oxygen atoms in total. The third-order valence-electron chi connectivity index (χ3n) is 4.68. The number of carbonyl (C=O) groups is 2. The number of rotatable bonds is 10. The summed E-state index contributed by atoms with van der Waals surface area (Å²) in [4.78, 5) is 32.0. The predicted molar refractivity (Wildman–Crippen MR) is 91.7 cm³/mol. The van der Waals surface area contributed by atoms with E-state index in [1.54, 1.807) is 0 Å². The molecule has 0 bridgehead atoms. The first-order valence-electron chi connectivity index (χ1n) is 7.93. The third kappa shape index (κ3) is 5.18. The summed E-state index contributed by atoms with van der Waals surface area (Å²) in [5.41, 5.74) is 1.16. The molecular weight excluding hydrogens is 331 g/mol. The van der Waals surface area contributed by atoms with Gasteiger partial charge in [0.2, 0.25) is 8.03 Å². The van der Waals surface area contributed by atoms with Gasteiger partial charge in [0.05, 0.1) is 0 Å². The maximum Gasteiger partial charge on any atom is 0.319 e. The van der Waals surface area contributed by atoms with Gasteiger partial charge in [0.15, 0.2) is 0 Å². The van der Waals surface area contributed by atoms with Crippen LogP contribution in [-0.4, -0.2) is 32.2 Å². The molecule has 0 aliphatic rings. The molecule has 7 heteroatoms. The van der Waals surface area contributed by atoms with E-state index in [1.807, 2.05) is 37.3 Å². The molecular formula is C17H25O6P. The minimum absolute atomic E-state index is 0.249. The van der Waals surface area contributed by atoms with Crippen LogP contribution in [0.3, 0.4) is 0 Å². The van der Waals surface area contributed by atoms with Crippen molar-refractivity contribution in [2.24, 2.45) is 5.92 Å². The van der Waals surface area contributed by atoms with Gasteiger partial charge in [-0.3, -0.25) is 14.2 Å². The highest BCUT2D eigenvalue weighted by Gasteiger charge is 2.46. The zero-order valence-corrected chi connectivity index (χ0v) is 14.9. The molecule has 134 valence electrons. The molecule has 0 aliphatic carbocycles. The molecule has 1 aromatic carbocycles. The van der Waals surface area contributed by atoms with E-state index in [0.29, 0.717) is 6.42 Å². The van der Waals surface area contributed by atoms with Crippen LogP contribution in [0.25, 0.3) is 0 Å². The van der Waals surface area contributed by atoms with Crippen LogP contribution in [0.1, 0.15) is 51.0 Å². The Hall–Kier alpha value is -1.65. The van der Waals surface area contributed by atoms with Crippen molar-refractivity contribution >= 4 is 20.0 Å². The second kappa shape index (κ2) is 9.00. The van der Waals surface area contributed by atoms with Crippen LogP contribution in [0.2, 0.25) is 0 Å². The molecule has 0 spiro atoms. The largest absolute Gasteiger partial charge is 0.481 e. The van der Waals surface area contributed by atoms with Gasteiger partial charge in [-0.2, -0.15) is 0 Å². The lowest BCUT2D eigenvalue weighted by Crippen LogP contribution is -2.41. The Morgan fingerprint density at radius 3 is 2.21 bits per heavy atom. The highest BCUT2D eigenvalue weighted by molar-refractivity contribution is 7.41. The summed E-state index contributed by atoms with van der Waals surface area (Å²) in [7, 11) is -3.43. The van der Waals surface area contributed by atoms with Gasteiger partial charge in [-0.05, 0) is 37.2 Å². The molecule has 0 fully saturated rings. The Morgan fingerprint density at radius 2 is 1.75 bits per heavy atom. The van der Waals surface area contributed by atoms with Gasteiger partial charge in [-0.25, -0.2) is 0 Å². The Balaban J connectivity index is 2.78. The lowest BCUT2D eigenvalue weighted by molar-refractivity contribution is -0.143. The summed E-state index contributed by atoms with van der Waals surface area (Å²) >= 11 is 0. The average molecular weight is 356 g/mol. The third-order valence-corrected chi connectivity index (χ3v) is 6.20. The monoisotopic (exact) mass is 356 g/mol. The van der Waals surface area contributed by atoms with Gasteiger partial charge in [0.25, 0.3) is 0 Å². The van der Waals surface area contributed by atoms with Gasteiger partial charge in [-0.1, -0.05) is 43.7 Å². The van der Waals surface area contributed by atoms with Crippen LogP contribution in [0.5, 0.6) is 0 Å². The standard InChI is InChI=1S/C17H25O6P/c1-12(13-8-4-3-5-9-13)7-6-10-14(11-15(18)19)17(2,16(20)21)24(22)23/h3-5,8-9,12,14,24H,6-7,10-11H2,1-2H3,(H,18,19)(H,20,21)(H,22,23). The number of aliphatic carboxylic acids is 2. The van der Waals surface area contributed by atoms with E-state index >= 15 is 0 Å². The van der Waals surface area contributed by atoms with Crippen molar-refractivity contribution in [1.29, 1.82) is 0 Å². The molecule has 0 saturated heterocycles. The maximum atomic E-state index is 11.6. The van der Waals surface area contributed by atoms with Crippen LogP contribution in [0, 0.1) is 5.92 Å². The number of carboxylic acids is 2. The van der Waals surface area contributed by atoms with Gasteiger partial charge < -0.3 is 15.1 Å². The molecule has 0 aliphatic heterocycles. The van der Waals surface area contributed by atoms with E-state index in [1.165, 1.54) is 6.92 Å². The quantitative estimate of drug-likeness (QED) is 0.554. The van der Waals surface area contributed by atoms with Crippen LogP contribution in [-0.2, 0) is 14.2 Å². The Bertz CT molecular complexity index is 572. The van der Waals surface area contributed by atoms with Crippen molar-refractivity contribution in [3.63, 3.8) is 0 Å². The van der Waals surface area contributed by atoms with Crippen LogP contribution >= 0.6 is 8.03 Å². The Morgan fingerprint density at radius 1 is 1.17 bits per heavy atom. The first kappa shape index (κ1) is 20.4. The molecule has 3 N–H and O–H groups in total. The average Bonchev–Trinajstić information content (AvgIpc) is 2.53. The van der Waals surface area contributed by atoms with Gasteiger partial charge in [0.1, 0.15) is 5.16 Å². The zero-order chi connectivity index (χ0) is 18.3. The van der Waals surface area contributed by atoms with Gasteiger partial charge in [0, 0.05) is 6.42 Å². The van der Waals surface area contributed by atoms with Crippen molar-refractivity contribution in [2.75, 3.05) is 0 Å². The van der Waals surface area contributed by atoms with E-state index in [2.05, 4.69) is 0 Å². The Kier molecular flexibility index (Phi) is 7.64. The zero-order valence-electron chi connectivity index (χ0n) is 13.9. The van der Waals surface area contributed by atoms with Crippen molar-refractivity contribution in [1.82, 2.24) is 0 Å². The summed E-state index contributed by atoms with van der Waals surface area (Å²) in [6.07, 6.45) is 1.19. The minimum Gasteiger partial charge on any atom is -0.481 e. The number of benzene rings is 1. The van der Waals surface area contributed by atoms with E-state index in [0.717, 1.165) is 12.0 Å². The SMILES string of the molecule is CC(CCCC(CC(=O)O)C(C)(C(=O)O)[PH](=O)O)c1ccccc1. The molecule has 0 radical (unpaired) electrons. The van der Waals surface area contributed by atoms with E-state index in [9.17, 15) is 24.2 Å². The van der Waals surface area contributed by atoms with Gasteiger partial charge >= 0.3 is 11.9 Å².